The first kappa shape index (κ1) is 20.0. The van der Waals surface area contributed by atoms with Crippen LogP contribution >= 0.6 is 27.5 Å². The number of halogens is 2. The molecule has 0 unspecified atom stereocenters. The van der Waals surface area contributed by atoms with Crippen LogP contribution in [0.3, 0.4) is 0 Å². The van der Waals surface area contributed by atoms with Crippen molar-refractivity contribution in [2.75, 3.05) is 13.2 Å². The molecule has 0 saturated carbocycles. The number of benzene rings is 2. The SMILES string of the molecule is C=CCOc1c(Br)cc(/C=N\NC(=O)c2ccc(Cl)cc2)cc1OCC. The zero-order chi connectivity index (χ0) is 18.9. The third-order valence-corrected chi connectivity index (χ3v) is 4.00. The van der Waals surface area contributed by atoms with Crippen LogP contribution in [-0.2, 0) is 0 Å². The second-order valence-corrected chi connectivity index (χ2v) is 6.36. The average Bonchev–Trinajstić information content (AvgIpc) is 2.62. The number of ether oxygens (including phenoxy) is 2. The first-order chi connectivity index (χ1) is 12.5. The summed E-state index contributed by atoms with van der Waals surface area (Å²) in [5.74, 6) is 0.844. The van der Waals surface area contributed by atoms with Gasteiger partial charge in [0, 0.05) is 10.6 Å². The van der Waals surface area contributed by atoms with Crippen molar-refractivity contribution in [3.8, 4) is 11.5 Å². The molecule has 26 heavy (non-hydrogen) atoms. The Hall–Kier alpha value is -2.31. The molecule has 7 heteroatoms. The maximum Gasteiger partial charge on any atom is 0.271 e. The first-order valence-corrected chi connectivity index (χ1v) is 9.01. The number of hydrogen-bond acceptors (Lipinski definition) is 4. The molecule has 1 N–H and O–H groups in total. The molecule has 0 aliphatic rings. The maximum absolute atomic E-state index is 12.0. The van der Waals surface area contributed by atoms with Crippen LogP contribution in [-0.4, -0.2) is 25.3 Å². The lowest BCUT2D eigenvalue weighted by Crippen LogP contribution is -2.17. The predicted octanol–water partition coefficient (Wildman–Crippen LogP) is 4.83. The van der Waals surface area contributed by atoms with Crippen LogP contribution in [0.4, 0.5) is 0 Å². The lowest BCUT2D eigenvalue weighted by Gasteiger charge is -2.13. The number of carbonyl (C=O) groups excluding carboxylic acids is 1. The highest BCUT2D eigenvalue weighted by Gasteiger charge is 2.11. The van der Waals surface area contributed by atoms with E-state index in [-0.39, 0.29) is 5.91 Å². The van der Waals surface area contributed by atoms with Crippen molar-refractivity contribution in [2.45, 2.75) is 6.92 Å². The molecule has 136 valence electrons. The van der Waals surface area contributed by atoms with E-state index in [1.165, 1.54) is 6.21 Å². The molecule has 0 heterocycles. The molecule has 2 aromatic rings. The number of hydrazone groups is 1. The number of rotatable bonds is 8. The second kappa shape index (κ2) is 9.99. The van der Waals surface area contributed by atoms with Gasteiger partial charge >= 0.3 is 0 Å². The summed E-state index contributed by atoms with van der Waals surface area (Å²) in [5.41, 5.74) is 3.68. The highest BCUT2D eigenvalue weighted by Crippen LogP contribution is 2.36. The third-order valence-electron chi connectivity index (χ3n) is 3.16. The van der Waals surface area contributed by atoms with Crippen molar-refractivity contribution < 1.29 is 14.3 Å². The quantitative estimate of drug-likeness (QED) is 0.365. The summed E-state index contributed by atoms with van der Waals surface area (Å²) in [4.78, 5) is 12.0. The summed E-state index contributed by atoms with van der Waals surface area (Å²) in [7, 11) is 0. The summed E-state index contributed by atoms with van der Waals surface area (Å²) in [6.07, 6.45) is 3.18. The van der Waals surface area contributed by atoms with Crippen LogP contribution in [0.15, 0.2) is 58.6 Å². The molecule has 2 rings (SSSR count). The Kier molecular flexibility index (Phi) is 7.69. The van der Waals surface area contributed by atoms with Crippen LogP contribution in [0.1, 0.15) is 22.8 Å². The first-order valence-electron chi connectivity index (χ1n) is 7.84. The van der Waals surface area contributed by atoms with Crippen LogP contribution in [0.25, 0.3) is 0 Å². The van der Waals surface area contributed by atoms with Crippen molar-refractivity contribution in [3.05, 3.63) is 69.7 Å². The lowest BCUT2D eigenvalue weighted by atomic mass is 10.2. The topological polar surface area (TPSA) is 59.9 Å². The number of nitrogens with zero attached hydrogens (tertiary/aromatic N) is 1. The number of hydrogen-bond donors (Lipinski definition) is 1. The molecule has 0 aliphatic carbocycles. The second-order valence-electron chi connectivity index (χ2n) is 5.07. The minimum atomic E-state index is -0.326. The van der Waals surface area contributed by atoms with Gasteiger partial charge in [-0.3, -0.25) is 4.79 Å². The highest BCUT2D eigenvalue weighted by molar-refractivity contribution is 9.10. The van der Waals surface area contributed by atoms with E-state index in [0.717, 1.165) is 10.0 Å². The van der Waals surface area contributed by atoms with E-state index in [4.69, 9.17) is 21.1 Å². The molecular weight excluding hydrogens is 420 g/mol. The van der Waals surface area contributed by atoms with E-state index < -0.39 is 0 Å². The average molecular weight is 438 g/mol. The smallest absolute Gasteiger partial charge is 0.271 e. The molecule has 0 atom stereocenters. The summed E-state index contributed by atoms with van der Waals surface area (Å²) >= 11 is 9.27. The Labute approximate surface area is 165 Å². The Balaban J connectivity index is 2.12. The van der Waals surface area contributed by atoms with Gasteiger partial charge in [0.15, 0.2) is 11.5 Å². The van der Waals surface area contributed by atoms with Gasteiger partial charge in [0.2, 0.25) is 0 Å². The Morgan fingerprint density at radius 3 is 2.69 bits per heavy atom. The van der Waals surface area contributed by atoms with E-state index in [2.05, 4.69) is 33.0 Å². The number of amides is 1. The molecule has 0 saturated heterocycles. The van der Waals surface area contributed by atoms with Crippen LogP contribution in [0, 0.1) is 0 Å². The van der Waals surface area contributed by atoms with Crippen LogP contribution in [0.2, 0.25) is 5.02 Å². The summed E-state index contributed by atoms with van der Waals surface area (Å²) < 4.78 is 12.0. The molecule has 2 aromatic carbocycles. The van der Waals surface area contributed by atoms with Crippen molar-refractivity contribution in [3.63, 3.8) is 0 Å². The summed E-state index contributed by atoms with van der Waals surface area (Å²) in [5, 5.41) is 4.55. The fourth-order valence-electron chi connectivity index (χ4n) is 2.04. The molecule has 5 nitrogen and oxygen atoms in total. The largest absolute Gasteiger partial charge is 0.490 e. The molecule has 1 amide bonds. The minimum Gasteiger partial charge on any atom is -0.490 e. The normalized spacial score (nSPS) is 10.6. The fourth-order valence-corrected chi connectivity index (χ4v) is 2.74. The zero-order valence-corrected chi connectivity index (χ0v) is 16.5. The summed E-state index contributed by atoms with van der Waals surface area (Å²) in [6.45, 7) is 6.38. The van der Waals surface area contributed by atoms with E-state index >= 15 is 0 Å². The minimum absolute atomic E-state index is 0.326. The Morgan fingerprint density at radius 2 is 2.04 bits per heavy atom. The van der Waals surface area contributed by atoms with Crippen molar-refractivity contribution >= 4 is 39.7 Å². The number of nitrogens with one attached hydrogen (secondary N) is 1. The van der Waals surface area contributed by atoms with Crippen LogP contribution in [0.5, 0.6) is 11.5 Å². The molecule has 0 aromatic heterocycles. The molecule has 0 fully saturated rings. The Morgan fingerprint density at radius 1 is 1.31 bits per heavy atom. The molecule has 0 spiro atoms. The predicted molar refractivity (Wildman–Crippen MR) is 108 cm³/mol. The van der Waals surface area contributed by atoms with E-state index in [1.54, 1.807) is 36.4 Å². The number of carbonyl (C=O) groups is 1. The van der Waals surface area contributed by atoms with E-state index in [0.29, 0.717) is 35.3 Å². The van der Waals surface area contributed by atoms with Crippen molar-refractivity contribution in [2.24, 2.45) is 5.10 Å². The van der Waals surface area contributed by atoms with Gasteiger partial charge in [-0.25, -0.2) is 5.43 Å². The fraction of sp³-hybridized carbons (Fsp3) is 0.158. The summed E-state index contributed by atoms with van der Waals surface area (Å²) in [6, 6.07) is 10.1. The van der Waals surface area contributed by atoms with Gasteiger partial charge in [-0.1, -0.05) is 24.3 Å². The molecular formula is C19H18BrClN2O3. The zero-order valence-electron chi connectivity index (χ0n) is 14.2. The lowest BCUT2D eigenvalue weighted by molar-refractivity contribution is 0.0955. The standard InChI is InChI=1S/C19H18BrClN2O3/c1-3-9-26-18-16(20)10-13(11-17(18)25-4-2)12-22-23-19(24)14-5-7-15(21)8-6-14/h3,5-8,10-12H,1,4,9H2,2H3,(H,23,24)/b22-12-. The maximum atomic E-state index is 12.0. The van der Waals surface area contributed by atoms with E-state index in [1.807, 2.05) is 13.0 Å². The van der Waals surface area contributed by atoms with E-state index in [9.17, 15) is 4.79 Å². The third kappa shape index (κ3) is 5.61. The van der Waals surface area contributed by atoms with Gasteiger partial charge in [-0.05, 0) is 64.8 Å². The van der Waals surface area contributed by atoms with Crippen molar-refractivity contribution in [1.82, 2.24) is 5.43 Å². The van der Waals surface area contributed by atoms with Gasteiger partial charge in [-0.15, -0.1) is 0 Å². The highest BCUT2D eigenvalue weighted by atomic mass is 79.9. The van der Waals surface area contributed by atoms with Gasteiger partial charge in [0.05, 0.1) is 17.3 Å². The van der Waals surface area contributed by atoms with Gasteiger partial charge in [0.1, 0.15) is 6.61 Å². The van der Waals surface area contributed by atoms with Gasteiger partial charge < -0.3 is 9.47 Å². The molecule has 0 radical (unpaired) electrons. The van der Waals surface area contributed by atoms with Crippen LogP contribution < -0.4 is 14.9 Å². The van der Waals surface area contributed by atoms with Crippen molar-refractivity contribution in [1.29, 1.82) is 0 Å². The monoisotopic (exact) mass is 436 g/mol. The van der Waals surface area contributed by atoms with Gasteiger partial charge in [0.25, 0.3) is 5.91 Å². The molecule has 0 bridgehead atoms. The Bertz CT molecular complexity index is 807. The van der Waals surface area contributed by atoms with Gasteiger partial charge in [-0.2, -0.15) is 5.10 Å². The molecule has 0 aliphatic heterocycles.